The number of para-hydroxylation sites is 1. The first-order valence-corrected chi connectivity index (χ1v) is 6.56. The van der Waals surface area contributed by atoms with Crippen molar-refractivity contribution in [1.29, 1.82) is 0 Å². The number of ether oxygens (including phenoxy) is 1. The number of rotatable bonds is 3. The van der Waals surface area contributed by atoms with Crippen LogP contribution in [0.5, 0.6) is 5.75 Å². The third-order valence-corrected chi connectivity index (χ3v) is 3.47. The summed E-state index contributed by atoms with van der Waals surface area (Å²) in [6.07, 6.45) is 3.75. The normalized spacial score (nSPS) is 19.9. The molecule has 0 aliphatic heterocycles. The van der Waals surface area contributed by atoms with Gasteiger partial charge < -0.3 is 4.74 Å². The second-order valence-corrected chi connectivity index (χ2v) is 4.70. The molecule has 2 aromatic carbocycles. The van der Waals surface area contributed by atoms with Crippen LogP contribution in [-0.4, -0.2) is 6.10 Å². The van der Waals surface area contributed by atoms with E-state index in [0.29, 0.717) is 0 Å². The molecule has 1 atom stereocenters. The van der Waals surface area contributed by atoms with Gasteiger partial charge in [-0.25, -0.2) is 0 Å². The van der Waals surface area contributed by atoms with E-state index >= 15 is 0 Å². The maximum absolute atomic E-state index is 6.11. The average Bonchev–Trinajstić information content (AvgIpc) is 2.89. The van der Waals surface area contributed by atoms with E-state index in [1.165, 1.54) is 17.9 Å². The molecule has 0 saturated heterocycles. The predicted molar refractivity (Wildman–Crippen MR) is 73.5 cm³/mol. The molecule has 1 aliphatic rings. The van der Waals surface area contributed by atoms with Crippen molar-refractivity contribution in [3.05, 3.63) is 72.1 Å². The molecule has 18 heavy (non-hydrogen) atoms. The summed E-state index contributed by atoms with van der Waals surface area (Å²) in [5.74, 6) is 2.41. The standard InChI is InChI=1S/C17H17O/c1-3-8-14(9-4-1)16-12-7-13-17(16)18-15-10-5-2-6-11-15/h1-6,8-11,17H,7,12-13H2. The van der Waals surface area contributed by atoms with Crippen molar-refractivity contribution >= 4 is 0 Å². The van der Waals surface area contributed by atoms with Crippen molar-refractivity contribution in [3.63, 3.8) is 0 Å². The van der Waals surface area contributed by atoms with Crippen LogP contribution in [0.25, 0.3) is 0 Å². The minimum atomic E-state index is 0.245. The van der Waals surface area contributed by atoms with Gasteiger partial charge in [0.05, 0.1) is 0 Å². The third kappa shape index (κ3) is 2.40. The summed E-state index contributed by atoms with van der Waals surface area (Å²) in [7, 11) is 0. The summed E-state index contributed by atoms with van der Waals surface area (Å²) in [6.45, 7) is 0. The van der Waals surface area contributed by atoms with Crippen LogP contribution in [0.1, 0.15) is 24.8 Å². The fourth-order valence-corrected chi connectivity index (χ4v) is 2.59. The third-order valence-electron chi connectivity index (χ3n) is 3.47. The van der Waals surface area contributed by atoms with E-state index in [1.807, 2.05) is 30.3 Å². The highest BCUT2D eigenvalue weighted by molar-refractivity contribution is 5.35. The molecule has 1 saturated carbocycles. The highest BCUT2D eigenvalue weighted by Gasteiger charge is 2.30. The molecule has 1 radical (unpaired) electrons. The zero-order valence-electron chi connectivity index (χ0n) is 10.4. The lowest BCUT2D eigenvalue weighted by atomic mass is 9.96. The second-order valence-electron chi connectivity index (χ2n) is 4.70. The van der Waals surface area contributed by atoms with Crippen molar-refractivity contribution in [2.45, 2.75) is 25.4 Å². The van der Waals surface area contributed by atoms with Crippen molar-refractivity contribution < 1.29 is 4.74 Å². The first kappa shape index (κ1) is 11.3. The van der Waals surface area contributed by atoms with Crippen LogP contribution < -0.4 is 4.74 Å². The van der Waals surface area contributed by atoms with Gasteiger partial charge in [-0.1, -0.05) is 48.5 Å². The van der Waals surface area contributed by atoms with Gasteiger partial charge in [0.1, 0.15) is 11.9 Å². The van der Waals surface area contributed by atoms with E-state index in [4.69, 9.17) is 4.74 Å². The first-order chi connectivity index (χ1) is 8.93. The summed E-state index contributed by atoms with van der Waals surface area (Å²) in [5, 5.41) is 0. The molecule has 0 bridgehead atoms. The highest BCUT2D eigenvalue weighted by Crippen LogP contribution is 2.36. The van der Waals surface area contributed by atoms with Gasteiger partial charge in [0.25, 0.3) is 0 Å². The minimum Gasteiger partial charge on any atom is -0.489 e. The van der Waals surface area contributed by atoms with Crippen LogP contribution in [0.3, 0.4) is 0 Å². The molecule has 0 spiro atoms. The Morgan fingerprint density at radius 3 is 2.22 bits per heavy atom. The van der Waals surface area contributed by atoms with Crippen molar-refractivity contribution in [1.82, 2.24) is 0 Å². The molecule has 1 fully saturated rings. The number of hydrogen-bond acceptors (Lipinski definition) is 1. The fourth-order valence-electron chi connectivity index (χ4n) is 2.59. The van der Waals surface area contributed by atoms with Crippen LogP contribution in [0.4, 0.5) is 0 Å². The van der Waals surface area contributed by atoms with Gasteiger partial charge in [-0.3, -0.25) is 0 Å². The van der Waals surface area contributed by atoms with Gasteiger partial charge in [0.15, 0.2) is 0 Å². The molecule has 91 valence electrons. The Hall–Kier alpha value is -1.76. The van der Waals surface area contributed by atoms with Gasteiger partial charge >= 0.3 is 0 Å². The zero-order valence-corrected chi connectivity index (χ0v) is 10.4. The lowest BCUT2D eigenvalue weighted by molar-refractivity contribution is 0.229. The summed E-state index contributed by atoms with van der Waals surface area (Å²) in [6, 6.07) is 20.7. The van der Waals surface area contributed by atoms with Gasteiger partial charge in [0.2, 0.25) is 0 Å². The first-order valence-electron chi connectivity index (χ1n) is 6.56. The van der Waals surface area contributed by atoms with Crippen molar-refractivity contribution in [2.75, 3.05) is 0 Å². The van der Waals surface area contributed by atoms with Crippen molar-refractivity contribution in [2.24, 2.45) is 0 Å². The summed E-state index contributed by atoms with van der Waals surface area (Å²) in [5.41, 5.74) is 1.33. The molecule has 0 N–H and O–H groups in total. The highest BCUT2D eigenvalue weighted by atomic mass is 16.5. The molecule has 0 aromatic heterocycles. The Labute approximate surface area is 108 Å². The molecule has 0 heterocycles. The van der Waals surface area contributed by atoms with Crippen LogP contribution >= 0.6 is 0 Å². The molecule has 1 aliphatic carbocycles. The van der Waals surface area contributed by atoms with E-state index in [2.05, 4.69) is 30.3 Å². The Morgan fingerprint density at radius 1 is 0.833 bits per heavy atom. The van der Waals surface area contributed by atoms with Gasteiger partial charge in [-0.05, 0) is 37.0 Å². The zero-order chi connectivity index (χ0) is 12.2. The summed E-state index contributed by atoms with van der Waals surface area (Å²) in [4.78, 5) is 0. The van der Waals surface area contributed by atoms with Crippen LogP contribution in [0, 0.1) is 5.92 Å². The van der Waals surface area contributed by atoms with Crippen LogP contribution in [0.15, 0.2) is 60.7 Å². The molecule has 1 unspecified atom stereocenters. The maximum atomic E-state index is 6.11. The minimum absolute atomic E-state index is 0.245. The number of hydrogen-bond donors (Lipinski definition) is 0. The van der Waals surface area contributed by atoms with Gasteiger partial charge in [-0.15, -0.1) is 0 Å². The van der Waals surface area contributed by atoms with E-state index in [9.17, 15) is 0 Å². The van der Waals surface area contributed by atoms with Gasteiger partial charge in [-0.2, -0.15) is 0 Å². The van der Waals surface area contributed by atoms with E-state index in [1.54, 1.807) is 0 Å². The molecular weight excluding hydrogens is 220 g/mol. The largest absolute Gasteiger partial charge is 0.489 e. The van der Waals surface area contributed by atoms with E-state index in [0.717, 1.165) is 18.6 Å². The molecular formula is C17H17O. The van der Waals surface area contributed by atoms with E-state index in [-0.39, 0.29) is 6.10 Å². The Morgan fingerprint density at radius 2 is 1.50 bits per heavy atom. The summed E-state index contributed by atoms with van der Waals surface area (Å²) >= 11 is 0. The molecule has 3 rings (SSSR count). The lowest BCUT2D eigenvalue weighted by Crippen LogP contribution is -2.20. The fraction of sp³-hybridized carbons (Fsp3) is 0.235. The van der Waals surface area contributed by atoms with Crippen LogP contribution in [0.2, 0.25) is 0 Å². The predicted octanol–water partition coefficient (Wildman–Crippen LogP) is 4.24. The van der Waals surface area contributed by atoms with Gasteiger partial charge in [0, 0.05) is 5.92 Å². The van der Waals surface area contributed by atoms with Crippen LogP contribution in [-0.2, 0) is 0 Å². The SMILES string of the molecule is c1ccc(OC2CCC[C]2c2ccccc2)cc1. The monoisotopic (exact) mass is 237 g/mol. The average molecular weight is 237 g/mol. The quantitative estimate of drug-likeness (QED) is 0.775. The molecule has 1 heteroatoms. The molecule has 2 aromatic rings. The summed E-state index contributed by atoms with van der Waals surface area (Å²) < 4.78 is 6.11. The smallest absolute Gasteiger partial charge is 0.119 e. The Kier molecular flexibility index (Phi) is 3.31. The lowest BCUT2D eigenvalue weighted by Gasteiger charge is -2.21. The Balaban J connectivity index is 1.76. The number of benzene rings is 2. The van der Waals surface area contributed by atoms with Crippen molar-refractivity contribution in [3.8, 4) is 5.75 Å². The molecule has 0 amide bonds. The topological polar surface area (TPSA) is 9.23 Å². The Bertz CT molecular complexity index is 477. The van der Waals surface area contributed by atoms with E-state index < -0.39 is 0 Å². The maximum Gasteiger partial charge on any atom is 0.119 e. The second kappa shape index (κ2) is 5.26. The molecule has 1 nitrogen and oxygen atoms in total.